The highest BCUT2D eigenvalue weighted by molar-refractivity contribution is 6.18. The van der Waals surface area contributed by atoms with E-state index in [-0.39, 0.29) is 29.1 Å². The van der Waals surface area contributed by atoms with Crippen molar-refractivity contribution in [3.63, 3.8) is 0 Å². The van der Waals surface area contributed by atoms with Gasteiger partial charge in [0.25, 0.3) is 0 Å². The van der Waals surface area contributed by atoms with Gasteiger partial charge in [-0.15, -0.1) is 11.6 Å². The van der Waals surface area contributed by atoms with Gasteiger partial charge in [-0.1, -0.05) is 37.6 Å². The second kappa shape index (κ2) is 6.84. The normalized spacial score (nSPS) is 40.7. The molecular formula is C20H31ClO3. The van der Waals surface area contributed by atoms with Crippen LogP contribution in [0.4, 0.5) is 0 Å². The molecule has 0 aromatic carbocycles. The van der Waals surface area contributed by atoms with E-state index in [1.807, 2.05) is 40.7 Å². The van der Waals surface area contributed by atoms with Gasteiger partial charge in [-0.05, 0) is 56.8 Å². The first-order chi connectivity index (χ1) is 11.2. The van der Waals surface area contributed by atoms with Crippen LogP contribution in [0.5, 0.6) is 0 Å². The summed E-state index contributed by atoms with van der Waals surface area (Å²) in [7, 11) is 0. The molecule has 2 aliphatic rings. The molecule has 3 nitrogen and oxygen atoms in total. The fourth-order valence-electron chi connectivity index (χ4n) is 5.35. The number of hydrogen-bond donors (Lipinski definition) is 2. The molecule has 0 spiro atoms. The molecule has 2 N–H and O–H groups in total. The summed E-state index contributed by atoms with van der Waals surface area (Å²) in [6.07, 6.45) is 6.94. The van der Waals surface area contributed by atoms with Crippen LogP contribution in [0.25, 0.3) is 0 Å². The monoisotopic (exact) mass is 354 g/mol. The molecule has 0 aromatic rings. The third kappa shape index (κ3) is 2.74. The molecule has 0 bridgehead atoms. The number of aliphatic hydroxyl groups is 1. The minimum Gasteiger partial charge on any atom is -0.481 e. The van der Waals surface area contributed by atoms with Gasteiger partial charge in [0.15, 0.2) is 0 Å². The maximum atomic E-state index is 12.4. The number of rotatable bonds is 6. The van der Waals surface area contributed by atoms with Crippen molar-refractivity contribution in [1.82, 2.24) is 0 Å². The molecule has 0 aliphatic heterocycles. The Morgan fingerprint density at radius 3 is 2.38 bits per heavy atom. The lowest BCUT2D eigenvalue weighted by Crippen LogP contribution is -2.35. The van der Waals surface area contributed by atoms with Crippen LogP contribution < -0.4 is 0 Å². The van der Waals surface area contributed by atoms with Gasteiger partial charge in [0.2, 0.25) is 0 Å². The average Bonchev–Trinajstić information content (AvgIpc) is 2.80. The molecule has 4 heteroatoms. The number of alkyl halides is 1. The topological polar surface area (TPSA) is 57.5 Å². The highest BCUT2D eigenvalue weighted by Gasteiger charge is 2.79. The van der Waals surface area contributed by atoms with Crippen LogP contribution in [-0.2, 0) is 4.79 Å². The molecule has 2 saturated carbocycles. The molecule has 0 heterocycles. The van der Waals surface area contributed by atoms with Crippen LogP contribution in [0.1, 0.15) is 47.5 Å². The first-order valence-electron chi connectivity index (χ1n) is 8.89. The van der Waals surface area contributed by atoms with Gasteiger partial charge in [-0.2, -0.15) is 0 Å². The average molecular weight is 355 g/mol. The summed E-state index contributed by atoms with van der Waals surface area (Å²) in [5.41, 5.74) is -0.00176. The minimum atomic E-state index is -0.824. The Hall–Kier alpha value is -0.800. The number of halogens is 1. The summed E-state index contributed by atoms with van der Waals surface area (Å²) >= 11 is 6.28. The number of hydrogen-bond acceptors (Lipinski definition) is 2. The standard InChI is InChI=1S/C20H31ClO3/c1-6-7-8-13-14(11-21)15(10-16(13)22)20(18(23)24)17(9-12(2)3)19(20,4)5/h6-7,9,13-17,22H,8,10-11H2,1-5H3,(H,23,24)/b7-6-/t13-,14-,15-,16+,17+,20+/m0/s1. The van der Waals surface area contributed by atoms with Crippen molar-refractivity contribution in [3.05, 3.63) is 23.8 Å². The van der Waals surface area contributed by atoms with E-state index in [0.717, 1.165) is 12.0 Å². The summed E-state index contributed by atoms with van der Waals surface area (Å²) in [4.78, 5) is 12.4. The zero-order chi connectivity index (χ0) is 18.3. The van der Waals surface area contributed by atoms with Gasteiger partial charge in [-0.25, -0.2) is 0 Å². The van der Waals surface area contributed by atoms with Crippen LogP contribution in [-0.4, -0.2) is 28.2 Å². The van der Waals surface area contributed by atoms with Crippen LogP contribution in [0.15, 0.2) is 23.8 Å². The lowest BCUT2D eigenvalue weighted by molar-refractivity contribution is -0.148. The van der Waals surface area contributed by atoms with Gasteiger partial charge >= 0.3 is 5.97 Å². The fourth-order valence-corrected chi connectivity index (χ4v) is 5.79. The van der Waals surface area contributed by atoms with Crippen molar-refractivity contribution in [2.45, 2.75) is 53.6 Å². The molecule has 2 rings (SSSR count). The minimum absolute atomic E-state index is 0.00381. The van der Waals surface area contributed by atoms with E-state index in [0.29, 0.717) is 12.3 Å². The van der Waals surface area contributed by atoms with Crippen molar-refractivity contribution >= 4 is 17.6 Å². The number of carboxylic acid groups (broad SMARTS) is 1. The zero-order valence-electron chi connectivity index (χ0n) is 15.4. The molecule has 24 heavy (non-hydrogen) atoms. The molecule has 6 atom stereocenters. The van der Waals surface area contributed by atoms with Gasteiger partial charge in [0, 0.05) is 11.8 Å². The van der Waals surface area contributed by atoms with E-state index in [4.69, 9.17) is 11.6 Å². The molecule has 2 aliphatic carbocycles. The van der Waals surface area contributed by atoms with Crippen molar-refractivity contribution in [2.24, 2.45) is 34.5 Å². The van der Waals surface area contributed by atoms with E-state index in [9.17, 15) is 15.0 Å². The van der Waals surface area contributed by atoms with Crippen molar-refractivity contribution < 1.29 is 15.0 Å². The zero-order valence-corrected chi connectivity index (χ0v) is 16.2. The Labute approximate surface area is 150 Å². The van der Waals surface area contributed by atoms with Gasteiger partial charge < -0.3 is 10.2 Å². The SMILES string of the molecule is C/C=C\C[C@H]1[C@H](CCl)[C@@H]([C@]2(C(=O)O)[C@H](C=C(C)C)C2(C)C)C[C@H]1O. The van der Waals surface area contributed by atoms with E-state index in [1.165, 1.54) is 0 Å². The Bertz CT molecular complexity index is 547. The highest BCUT2D eigenvalue weighted by atomic mass is 35.5. The van der Waals surface area contributed by atoms with Gasteiger partial charge in [0.1, 0.15) is 0 Å². The second-order valence-corrected chi connectivity index (χ2v) is 8.62. The molecule has 0 unspecified atom stereocenters. The molecule has 0 radical (unpaired) electrons. The quantitative estimate of drug-likeness (QED) is 0.545. The summed E-state index contributed by atoms with van der Waals surface area (Å²) in [6, 6.07) is 0. The van der Waals surface area contributed by atoms with Crippen molar-refractivity contribution in [1.29, 1.82) is 0 Å². The molecule has 0 saturated heterocycles. The van der Waals surface area contributed by atoms with Crippen molar-refractivity contribution in [3.8, 4) is 0 Å². The Morgan fingerprint density at radius 2 is 1.92 bits per heavy atom. The van der Waals surface area contributed by atoms with Crippen LogP contribution >= 0.6 is 11.6 Å². The number of aliphatic hydroxyl groups excluding tert-OH is 1. The first kappa shape index (κ1) is 19.5. The number of aliphatic carboxylic acids is 1. The summed E-state index contributed by atoms with van der Waals surface area (Å²) in [5, 5.41) is 20.8. The first-order valence-corrected chi connectivity index (χ1v) is 9.43. The molecule has 136 valence electrons. The third-order valence-electron chi connectivity index (χ3n) is 6.57. The molecular weight excluding hydrogens is 324 g/mol. The highest BCUT2D eigenvalue weighted by Crippen LogP contribution is 2.76. The maximum absolute atomic E-state index is 12.4. The molecule has 2 fully saturated rings. The summed E-state index contributed by atoms with van der Waals surface area (Å²) in [5.74, 6) is -0.359. The summed E-state index contributed by atoms with van der Waals surface area (Å²) < 4.78 is 0. The Morgan fingerprint density at radius 1 is 1.29 bits per heavy atom. The Kier molecular flexibility index (Phi) is 5.56. The largest absolute Gasteiger partial charge is 0.481 e. The van der Waals surface area contributed by atoms with Crippen LogP contribution in [0, 0.1) is 34.5 Å². The summed E-state index contributed by atoms with van der Waals surface area (Å²) in [6.45, 7) is 10.1. The van der Waals surface area contributed by atoms with Crippen LogP contribution in [0.2, 0.25) is 0 Å². The smallest absolute Gasteiger partial charge is 0.311 e. The number of carbonyl (C=O) groups is 1. The number of carboxylic acids is 1. The van der Waals surface area contributed by atoms with E-state index in [2.05, 4.69) is 12.2 Å². The second-order valence-electron chi connectivity index (χ2n) is 8.31. The van der Waals surface area contributed by atoms with E-state index < -0.39 is 17.5 Å². The van der Waals surface area contributed by atoms with Gasteiger partial charge in [0.05, 0.1) is 11.5 Å². The van der Waals surface area contributed by atoms with Gasteiger partial charge in [-0.3, -0.25) is 4.79 Å². The predicted octanol–water partition coefficient (Wildman–Crippen LogP) is 4.50. The lowest BCUT2D eigenvalue weighted by Gasteiger charge is -2.29. The third-order valence-corrected chi connectivity index (χ3v) is 6.92. The van der Waals surface area contributed by atoms with E-state index in [1.54, 1.807) is 0 Å². The van der Waals surface area contributed by atoms with Crippen LogP contribution in [0.3, 0.4) is 0 Å². The maximum Gasteiger partial charge on any atom is 0.311 e. The number of allylic oxidation sites excluding steroid dienone is 4. The van der Waals surface area contributed by atoms with Crippen molar-refractivity contribution in [2.75, 3.05) is 5.88 Å². The molecule has 0 aromatic heterocycles. The lowest BCUT2D eigenvalue weighted by atomic mass is 9.74. The van der Waals surface area contributed by atoms with E-state index >= 15 is 0 Å². The fraction of sp³-hybridized carbons (Fsp3) is 0.750. The molecule has 0 amide bonds. The Balaban J connectivity index is 2.43. The predicted molar refractivity (Wildman–Crippen MR) is 98.0 cm³/mol.